The molecule has 0 unspecified atom stereocenters. The fourth-order valence-corrected chi connectivity index (χ4v) is 1.24. The standard InChI is InChI=1S/C12H20O3/c1-5-7-10(11(13)8-6-2)12(14)15-9(3)4/h5-6,9-11,13H,1-2,7-8H2,3-4H3/t10-,11+/m0/s1. The molecule has 0 fully saturated rings. The van der Waals surface area contributed by atoms with Crippen molar-refractivity contribution in [2.75, 3.05) is 0 Å². The van der Waals surface area contributed by atoms with Crippen LogP contribution in [0.15, 0.2) is 25.3 Å². The van der Waals surface area contributed by atoms with Gasteiger partial charge >= 0.3 is 5.97 Å². The van der Waals surface area contributed by atoms with Crippen molar-refractivity contribution in [2.45, 2.75) is 38.9 Å². The highest BCUT2D eigenvalue weighted by atomic mass is 16.5. The number of allylic oxidation sites excluding steroid dienone is 1. The molecule has 0 aliphatic rings. The maximum absolute atomic E-state index is 11.6. The molecule has 0 heterocycles. The summed E-state index contributed by atoms with van der Waals surface area (Å²) in [7, 11) is 0. The third-order valence-electron chi connectivity index (χ3n) is 1.95. The first-order chi connectivity index (χ1) is 7.02. The zero-order chi connectivity index (χ0) is 11.8. The highest BCUT2D eigenvalue weighted by Crippen LogP contribution is 2.16. The van der Waals surface area contributed by atoms with Crippen molar-refractivity contribution in [1.29, 1.82) is 0 Å². The Bertz CT molecular complexity index is 221. The van der Waals surface area contributed by atoms with E-state index >= 15 is 0 Å². The Morgan fingerprint density at radius 3 is 2.27 bits per heavy atom. The zero-order valence-corrected chi connectivity index (χ0v) is 9.48. The quantitative estimate of drug-likeness (QED) is 0.519. The van der Waals surface area contributed by atoms with Crippen LogP contribution in [0.3, 0.4) is 0 Å². The van der Waals surface area contributed by atoms with Crippen LogP contribution in [0.25, 0.3) is 0 Å². The first-order valence-corrected chi connectivity index (χ1v) is 5.13. The molecule has 0 rings (SSSR count). The minimum atomic E-state index is -0.744. The summed E-state index contributed by atoms with van der Waals surface area (Å²) >= 11 is 0. The van der Waals surface area contributed by atoms with Gasteiger partial charge in [0, 0.05) is 0 Å². The van der Waals surface area contributed by atoms with Gasteiger partial charge in [-0.2, -0.15) is 0 Å². The molecule has 0 aliphatic carbocycles. The van der Waals surface area contributed by atoms with Gasteiger partial charge in [-0.15, -0.1) is 13.2 Å². The molecule has 2 atom stereocenters. The van der Waals surface area contributed by atoms with E-state index in [0.717, 1.165) is 0 Å². The lowest BCUT2D eigenvalue weighted by atomic mass is 9.96. The van der Waals surface area contributed by atoms with Crippen LogP contribution in [-0.4, -0.2) is 23.3 Å². The van der Waals surface area contributed by atoms with Crippen LogP contribution in [0.5, 0.6) is 0 Å². The summed E-state index contributed by atoms with van der Waals surface area (Å²) in [6.07, 6.45) is 3.08. The van der Waals surface area contributed by atoms with E-state index < -0.39 is 12.0 Å². The molecule has 0 aromatic rings. The van der Waals surface area contributed by atoms with E-state index in [-0.39, 0.29) is 12.1 Å². The lowest BCUT2D eigenvalue weighted by molar-refractivity contribution is -0.156. The summed E-state index contributed by atoms with van der Waals surface area (Å²) < 4.78 is 5.05. The molecule has 86 valence electrons. The first kappa shape index (κ1) is 13.9. The van der Waals surface area contributed by atoms with Crippen molar-refractivity contribution in [1.82, 2.24) is 0 Å². The predicted octanol–water partition coefficient (Wildman–Crippen LogP) is 2.07. The monoisotopic (exact) mass is 212 g/mol. The summed E-state index contributed by atoms with van der Waals surface area (Å²) in [6.45, 7) is 10.6. The van der Waals surface area contributed by atoms with Gasteiger partial charge in [0.05, 0.1) is 18.1 Å². The second-order valence-electron chi connectivity index (χ2n) is 3.71. The van der Waals surface area contributed by atoms with Gasteiger partial charge in [-0.05, 0) is 26.7 Å². The number of hydrogen-bond donors (Lipinski definition) is 1. The number of aliphatic hydroxyl groups is 1. The van der Waals surface area contributed by atoms with Crippen molar-refractivity contribution >= 4 is 5.97 Å². The van der Waals surface area contributed by atoms with E-state index in [1.54, 1.807) is 26.0 Å². The third kappa shape index (κ3) is 5.37. The summed E-state index contributed by atoms with van der Waals surface area (Å²) in [5.74, 6) is -0.915. The second kappa shape index (κ2) is 7.23. The molecule has 0 amide bonds. The predicted molar refractivity (Wildman–Crippen MR) is 60.4 cm³/mol. The average Bonchev–Trinajstić information content (AvgIpc) is 2.13. The largest absolute Gasteiger partial charge is 0.463 e. The van der Waals surface area contributed by atoms with Crippen LogP contribution in [-0.2, 0) is 9.53 Å². The topological polar surface area (TPSA) is 46.5 Å². The molecule has 15 heavy (non-hydrogen) atoms. The molecule has 0 aromatic carbocycles. The molecular weight excluding hydrogens is 192 g/mol. The van der Waals surface area contributed by atoms with E-state index in [9.17, 15) is 9.90 Å². The second-order valence-corrected chi connectivity index (χ2v) is 3.71. The van der Waals surface area contributed by atoms with Crippen LogP contribution in [0, 0.1) is 5.92 Å². The van der Waals surface area contributed by atoms with Gasteiger partial charge in [0.15, 0.2) is 0 Å². The minimum Gasteiger partial charge on any atom is -0.463 e. The van der Waals surface area contributed by atoms with Crippen molar-refractivity contribution < 1.29 is 14.6 Å². The van der Waals surface area contributed by atoms with Crippen molar-refractivity contribution in [3.63, 3.8) is 0 Å². The van der Waals surface area contributed by atoms with Gasteiger partial charge in [0.25, 0.3) is 0 Å². The highest BCUT2D eigenvalue weighted by Gasteiger charge is 2.26. The lowest BCUT2D eigenvalue weighted by Gasteiger charge is -2.20. The number of rotatable bonds is 7. The van der Waals surface area contributed by atoms with Crippen LogP contribution < -0.4 is 0 Å². The molecule has 3 heteroatoms. The van der Waals surface area contributed by atoms with Gasteiger partial charge < -0.3 is 9.84 Å². The van der Waals surface area contributed by atoms with Crippen molar-refractivity contribution in [3.05, 3.63) is 25.3 Å². The number of carbonyl (C=O) groups excluding carboxylic acids is 1. The maximum atomic E-state index is 11.6. The number of ether oxygens (including phenoxy) is 1. The fourth-order valence-electron chi connectivity index (χ4n) is 1.24. The van der Waals surface area contributed by atoms with E-state index in [1.165, 1.54) is 0 Å². The summed E-state index contributed by atoms with van der Waals surface area (Å²) in [6, 6.07) is 0. The Kier molecular flexibility index (Phi) is 6.71. The number of carbonyl (C=O) groups is 1. The van der Waals surface area contributed by atoms with Crippen LogP contribution >= 0.6 is 0 Å². The molecule has 0 radical (unpaired) electrons. The fraction of sp³-hybridized carbons (Fsp3) is 0.583. The molecular formula is C12H20O3. The number of aliphatic hydroxyl groups excluding tert-OH is 1. The lowest BCUT2D eigenvalue weighted by Crippen LogP contribution is -2.30. The first-order valence-electron chi connectivity index (χ1n) is 5.13. The van der Waals surface area contributed by atoms with Crippen LogP contribution in [0.1, 0.15) is 26.7 Å². The Balaban J connectivity index is 4.41. The molecule has 0 saturated carbocycles. The molecule has 0 saturated heterocycles. The molecule has 1 N–H and O–H groups in total. The number of hydrogen-bond acceptors (Lipinski definition) is 3. The molecule has 0 spiro atoms. The zero-order valence-electron chi connectivity index (χ0n) is 9.48. The van der Waals surface area contributed by atoms with Crippen molar-refractivity contribution in [2.24, 2.45) is 5.92 Å². The molecule has 0 aromatic heterocycles. The van der Waals surface area contributed by atoms with E-state index in [4.69, 9.17) is 4.74 Å². The van der Waals surface area contributed by atoms with Crippen molar-refractivity contribution in [3.8, 4) is 0 Å². The highest BCUT2D eigenvalue weighted by molar-refractivity contribution is 5.73. The van der Waals surface area contributed by atoms with Gasteiger partial charge in [0.1, 0.15) is 0 Å². The average molecular weight is 212 g/mol. The maximum Gasteiger partial charge on any atom is 0.312 e. The van der Waals surface area contributed by atoms with Crippen LogP contribution in [0.2, 0.25) is 0 Å². The van der Waals surface area contributed by atoms with E-state index in [0.29, 0.717) is 12.8 Å². The van der Waals surface area contributed by atoms with Gasteiger partial charge in [-0.25, -0.2) is 0 Å². The summed E-state index contributed by atoms with van der Waals surface area (Å²) in [5, 5.41) is 9.70. The smallest absolute Gasteiger partial charge is 0.312 e. The Morgan fingerprint density at radius 1 is 1.33 bits per heavy atom. The van der Waals surface area contributed by atoms with Gasteiger partial charge in [0.2, 0.25) is 0 Å². The summed E-state index contributed by atoms with van der Waals surface area (Å²) in [5.41, 5.74) is 0. The normalized spacial score (nSPS) is 14.4. The number of esters is 1. The van der Waals surface area contributed by atoms with Crippen LogP contribution in [0.4, 0.5) is 0 Å². The van der Waals surface area contributed by atoms with E-state index in [2.05, 4.69) is 13.2 Å². The molecule has 3 nitrogen and oxygen atoms in total. The van der Waals surface area contributed by atoms with Gasteiger partial charge in [-0.3, -0.25) is 4.79 Å². The Hall–Kier alpha value is -1.09. The summed E-state index contributed by atoms with van der Waals surface area (Å²) in [4.78, 5) is 11.6. The van der Waals surface area contributed by atoms with E-state index in [1.807, 2.05) is 0 Å². The third-order valence-corrected chi connectivity index (χ3v) is 1.95. The Labute approximate surface area is 91.4 Å². The van der Waals surface area contributed by atoms with Gasteiger partial charge in [-0.1, -0.05) is 12.2 Å². The minimum absolute atomic E-state index is 0.166. The SMILES string of the molecule is C=CC[C@@H](O)[C@H](CC=C)C(=O)OC(C)C. The molecule has 0 aliphatic heterocycles. The Morgan fingerprint density at radius 2 is 1.87 bits per heavy atom. The molecule has 0 bridgehead atoms.